The molecular weight excluding hydrogens is 404 g/mol. The topological polar surface area (TPSA) is 77.9 Å². The van der Waals surface area contributed by atoms with Crippen molar-refractivity contribution in [3.8, 4) is 0 Å². The van der Waals surface area contributed by atoms with Gasteiger partial charge in [-0.05, 0) is 62.3 Å². The van der Waals surface area contributed by atoms with Crippen LogP contribution in [-0.2, 0) is 20.8 Å². The van der Waals surface area contributed by atoms with Gasteiger partial charge in [-0.2, -0.15) is 0 Å². The van der Waals surface area contributed by atoms with Crippen molar-refractivity contribution in [2.75, 3.05) is 13.1 Å². The third-order valence-corrected chi connectivity index (χ3v) is 7.38. The van der Waals surface area contributed by atoms with Gasteiger partial charge in [-0.1, -0.05) is 43.7 Å². The third-order valence-electron chi connectivity index (χ3n) is 7.38. The number of benzene rings is 1. The second kappa shape index (κ2) is 12.0. The Kier molecular flexibility index (Phi) is 9.12. The van der Waals surface area contributed by atoms with Gasteiger partial charge < -0.3 is 14.9 Å². The van der Waals surface area contributed by atoms with E-state index in [1.807, 2.05) is 6.07 Å². The first kappa shape index (κ1) is 24.3. The number of likely N-dealkylation sites (tertiary alicyclic amines) is 1. The second-order valence-electron chi connectivity index (χ2n) is 9.47. The molecule has 3 fully saturated rings. The molecule has 176 valence electrons. The molecule has 3 heterocycles. The summed E-state index contributed by atoms with van der Waals surface area (Å²) in [6.07, 6.45) is 10.0. The summed E-state index contributed by atoms with van der Waals surface area (Å²) in [6.45, 7) is 3.69. The van der Waals surface area contributed by atoms with E-state index in [0.717, 1.165) is 64.5 Å². The van der Waals surface area contributed by atoms with Crippen LogP contribution in [0.2, 0.25) is 0 Å². The molecule has 0 aromatic heterocycles. The van der Waals surface area contributed by atoms with Crippen molar-refractivity contribution in [2.45, 2.75) is 83.2 Å². The van der Waals surface area contributed by atoms with Crippen molar-refractivity contribution in [3.05, 3.63) is 35.9 Å². The fourth-order valence-electron chi connectivity index (χ4n) is 6.05. The lowest BCUT2D eigenvalue weighted by molar-refractivity contribution is -0.156. The van der Waals surface area contributed by atoms with Gasteiger partial charge in [-0.15, -0.1) is 0 Å². The summed E-state index contributed by atoms with van der Waals surface area (Å²) in [5.74, 6) is 1.66. The number of aryl methyl sites for hydroxylation is 1. The van der Waals surface area contributed by atoms with Crippen LogP contribution in [0.4, 0.5) is 0 Å². The highest BCUT2D eigenvalue weighted by atomic mass is 16.3. The van der Waals surface area contributed by atoms with Crippen molar-refractivity contribution < 1.29 is 19.5 Å². The van der Waals surface area contributed by atoms with Crippen LogP contribution in [0, 0.1) is 11.8 Å². The van der Waals surface area contributed by atoms with E-state index in [1.54, 1.807) is 0 Å². The van der Waals surface area contributed by atoms with E-state index in [4.69, 9.17) is 9.90 Å². The van der Waals surface area contributed by atoms with Crippen molar-refractivity contribution in [1.29, 1.82) is 0 Å². The first-order valence-corrected chi connectivity index (χ1v) is 12.3. The normalized spacial score (nSPS) is 26.6. The fourth-order valence-corrected chi connectivity index (χ4v) is 6.05. The van der Waals surface area contributed by atoms with Crippen LogP contribution >= 0.6 is 0 Å². The predicted octanol–water partition coefficient (Wildman–Crippen LogP) is 4.13. The van der Waals surface area contributed by atoms with Gasteiger partial charge in [-0.25, -0.2) is 0 Å². The maximum atomic E-state index is 13.0. The van der Waals surface area contributed by atoms with Crippen LogP contribution in [0.15, 0.2) is 30.3 Å². The quantitative estimate of drug-likeness (QED) is 0.509. The largest absolute Gasteiger partial charge is 0.483 e. The van der Waals surface area contributed by atoms with Crippen molar-refractivity contribution in [3.63, 3.8) is 0 Å². The summed E-state index contributed by atoms with van der Waals surface area (Å²) >= 11 is 0. The Morgan fingerprint density at radius 2 is 1.88 bits per heavy atom. The zero-order chi connectivity index (χ0) is 22.9. The van der Waals surface area contributed by atoms with E-state index < -0.39 is 0 Å². The predicted molar refractivity (Wildman–Crippen MR) is 124 cm³/mol. The van der Waals surface area contributed by atoms with Crippen LogP contribution < -0.4 is 0 Å². The molecule has 1 aromatic rings. The smallest absolute Gasteiger partial charge is 0.290 e. The molecule has 32 heavy (non-hydrogen) atoms. The SMILES string of the molecule is CCC[C@H]1[C@H]2C[C@H](CN(C(=O)CCCCc3ccccc3)C2)[C@@H]2CCCC(=O)N21.O=CO. The highest BCUT2D eigenvalue weighted by Gasteiger charge is 2.49. The van der Waals surface area contributed by atoms with Crippen molar-refractivity contribution in [2.24, 2.45) is 11.8 Å². The molecule has 1 N–H and O–H groups in total. The monoisotopic (exact) mass is 442 g/mol. The fraction of sp³-hybridized carbons (Fsp3) is 0.654. The number of amides is 2. The molecule has 0 unspecified atom stereocenters. The average molecular weight is 443 g/mol. The number of piperidine rings is 3. The lowest BCUT2D eigenvalue weighted by Gasteiger charge is -2.56. The first-order chi connectivity index (χ1) is 15.6. The van der Waals surface area contributed by atoms with Gasteiger partial charge in [0.1, 0.15) is 0 Å². The Hall–Kier alpha value is -2.37. The minimum absolute atomic E-state index is 0.250. The van der Waals surface area contributed by atoms with Gasteiger partial charge in [-0.3, -0.25) is 14.4 Å². The second-order valence-corrected chi connectivity index (χ2v) is 9.47. The van der Waals surface area contributed by atoms with Gasteiger partial charge in [0.2, 0.25) is 11.8 Å². The third kappa shape index (κ3) is 5.90. The summed E-state index contributed by atoms with van der Waals surface area (Å²) in [5.41, 5.74) is 1.36. The molecule has 1 aromatic carbocycles. The molecule has 0 saturated carbocycles. The Morgan fingerprint density at radius 3 is 2.59 bits per heavy atom. The molecular formula is C26H38N2O4. The molecule has 6 nitrogen and oxygen atoms in total. The lowest BCUT2D eigenvalue weighted by Crippen LogP contribution is -2.65. The number of rotatable bonds is 7. The van der Waals surface area contributed by atoms with Crippen LogP contribution in [0.25, 0.3) is 0 Å². The first-order valence-electron chi connectivity index (χ1n) is 12.3. The number of fused-ring (bicyclic) bond motifs is 4. The Morgan fingerprint density at radius 1 is 1.16 bits per heavy atom. The molecule has 6 heteroatoms. The molecule has 3 aliphatic rings. The maximum absolute atomic E-state index is 13.0. The molecule has 0 spiro atoms. The number of carboxylic acid groups (broad SMARTS) is 1. The summed E-state index contributed by atoms with van der Waals surface area (Å²) in [6, 6.07) is 11.3. The summed E-state index contributed by atoms with van der Waals surface area (Å²) in [5, 5.41) is 6.89. The van der Waals surface area contributed by atoms with Crippen LogP contribution in [0.5, 0.6) is 0 Å². The van der Waals surface area contributed by atoms with Gasteiger partial charge in [0.15, 0.2) is 0 Å². The van der Waals surface area contributed by atoms with Crippen LogP contribution in [0.3, 0.4) is 0 Å². The maximum Gasteiger partial charge on any atom is 0.290 e. The summed E-state index contributed by atoms with van der Waals surface area (Å²) < 4.78 is 0. The number of carbonyl (C=O) groups excluding carboxylic acids is 2. The number of hydrogen-bond acceptors (Lipinski definition) is 3. The zero-order valence-electron chi connectivity index (χ0n) is 19.3. The summed E-state index contributed by atoms with van der Waals surface area (Å²) in [4.78, 5) is 38.5. The lowest BCUT2D eigenvalue weighted by atomic mass is 9.71. The Labute approximate surface area is 192 Å². The molecule has 4 rings (SSSR count). The number of carbonyl (C=O) groups is 3. The highest BCUT2D eigenvalue weighted by Crippen LogP contribution is 2.43. The number of hydrogen-bond donors (Lipinski definition) is 1. The van der Waals surface area contributed by atoms with Gasteiger partial charge in [0, 0.05) is 38.0 Å². The van der Waals surface area contributed by atoms with E-state index >= 15 is 0 Å². The molecule has 4 atom stereocenters. The molecule has 3 aliphatic heterocycles. The zero-order valence-corrected chi connectivity index (χ0v) is 19.3. The number of nitrogens with zero attached hydrogens (tertiary/aromatic N) is 2. The van der Waals surface area contributed by atoms with E-state index in [1.165, 1.54) is 12.0 Å². The van der Waals surface area contributed by atoms with Crippen molar-refractivity contribution in [1.82, 2.24) is 9.80 Å². The van der Waals surface area contributed by atoms with Gasteiger partial charge >= 0.3 is 0 Å². The van der Waals surface area contributed by atoms with E-state index in [0.29, 0.717) is 42.2 Å². The average Bonchev–Trinajstić information content (AvgIpc) is 2.80. The molecule has 0 aliphatic carbocycles. The minimum atomic E-state index is -0.250. The Bertz CT molecular complexity index is 753. The number of unbranched alkanes of at least 4 members (excludes halogenated alkanes) is 1. The van der Waals surface area contributed by atoms with E-state index in [9.17, 15) is 9.59 Å². The Balaban J connectivity index is 0.000000913. The van der Waals surface area contributed by atoms with Gasteiger partial charge in [0.05, 0.1) is 0 Å². The molecule has 0 radical (unpaired) electrons. The van der Waals surface area contributed by atoms with Crippen LogP contribution in [-0.4, -0.2) is 58.4 Å². The van der Waals surface area contributed by atoms with E-state index in [2.05, 4.69) is 41.0 Å². The standard InChI is InChI=1S/C25H36N2O2.CH2O2/c1-2-9-22-20-16-21(23-13-8-15-25(29)27(22)23)18-26(17-20)24(28)14-7-6-12-19-10-4-3-5-11-19;2-1-3/h3-5,10-11,20-23H,2,6-9,12-18H2,1H3;1H,(H,2,3)/t20-,21+,22-,23-;/m0./s1. The highest BCUT2D eigenvalue weighted by molar-refractivity contribution is 5.78. The summed E-state index contributed by atoms with van der Waals surface area (Å²) in [7, 11) is 0. The molecule has 2 bridgehead atoms. The molecule has 2 amide bonds. The minimum Gasteiger partial charge on any atom is -0.483 e. The molecule has 3 saturated heterocycles. The van der Waals surface area contributed by atoms with Gasteiger partial charge in [0.25, 0.3) is 6.47 Å². The van der Waals surface area contributed by atoms with Crippen LogP contribution in [0.1, 0.15) is 70.3 Å². The van der Waals surface area contributed by atoms with Crippen molar-refractivity contribution >= 4 is 18.3 Å². The van der Waals surface area contributed by atoms with E-state index in [-0.39, 0.29) is 6.47 Å².